The van der Waals surface area contributed by atoms with Gasteiger partial charge in [0.25, 0.3) is 21.8 Å². The van der Waals surface area contributed by atoms with E-state index in [0.29, 0.717) is 44.2 Å². The van der Waals surface area contributed by atoms with E-state index in [1.807, 2.05) is 24.3 Å². The van der Waals surface area contributed by atoms with Crippen LogP contribution in [0.2, 0.25) is 0 Å². The van der Waals surface area contributed by atoms with Crippen molar-refractivity contribution < 1.29 is 18.7 Å². The fourth-order valence-corrected chi connectivity index (χ4v) is 4.75. The first kappa shape index (κ1) is 21.9. The summed E-state index contributed by atoms with van der Waals surface area (Å²) in [6, 6.07) is 16.7. The first-order valence-corrected chi connectivity index (χ1v) is 11.8. The summed E-state index contributed by atoms with van der Waals surface area (Å²) in [6.45, 7) is 0. The van der Waals surface area contributed by atoms with Gasteiger partial charge in [-0.1, -0.05) is 47.8 Å². The van der Waals surface area contributed by atoms with E-state index < -0.39 is 9.85 Å². The minimum Gasteiger partial charge on any atom is -0.431 e. The molecule has 0 bridgehead atoms. The van der Waals surface area contributed by atoms with Crippen LogP contribution in [0.4, 0.5) is 11.4 Å². The van der Waals surface area contributed by atoms with Crippen molar-refractivity contribution in [2.75, 3.05) is 0 Å². The van der Waals surface area contributed by atoms with Gasteiger partial charge < -0.3 is 8.83 Å². The van der Waals surface area contributed by atoms with E-state index in [-0.39, 0.29) is 11.4 Å². The van der Waals surface area contributed by atoms with Crippen LogP contribution < -0.4 is 0 Å². The maximum Gasteiger partial charge on any atom is 0.271 e. The Balaban J connectivity index is 1.19. The lowest BCUT2D eigenvalue weighted by atomic mass is 10.2. The summed E-state index contributed by atoms with van der Waals surface area (Å²) in [4.78, 5) is 29.5. The molecule has 0 amide bonds. The molecule has 12 heteroatoms. The van der Waals surface area contributed by atoms with Gasteiger partial charge in [-0.3, -0.25) is 20.2 Å². The minimum atomic E-state index is -0.461. The van der Waals surface area contributed by atoms with Crippen molar-refractivity contribution in [3.05, 3.63) is 92.0 Å². The molecule has 0 aliphatic rings. The summed E-state index contributed by atoms with van der Waals surface area (Å²) in [7, 11) is 0. The standard InChI is InChI=1S/C22H14N4O6S2/c27-25(28)15-5-7-19-17(9-15)23-21(31-19)33-11-13-1-2-14(4-3-13)12-34-22-24-18-10-16(26(29)30)6-8-20(18)32-22/h1-10H,11-12H2. The number of thioether (sulfide) groups is 2. The van der Waals surface area contributed by atoms with Crippen molar-refractivity contribution in [1.82, 2.24) is 9.97 Å². The van der Waals surface area contributed by atoms with E-state index >= 15 is 0 Å². The molecule has 0 fully saturated rings. The first-order chi connectivity index (χ1) is 16.4. The Bertz CT molecular complexity index is 1420. The molecule has 10 nitrogen and oxygen atoms in total. The predicted octanol–water partition coefficient (Wildman–Crippen LogP) is 6.37. The molecule has 5 rings (SSSR count). The van der Waals surface area contributed by atoms with Gasteiger partial charge in [0.2, 0.25) is 0 Å². The fraction of sp³-hybridized carbons (Fsp3) is 0.0909. The zero-order valence-corrected chi connectivity index (χ0v) is 18.9. The van der Waals surface area contributed by atoms with E-state index in [1.165, 1.54) is 47.8 Å². The van der Waals surface area contributed by atoms with Crippen LogP contribution in [0.1, 0.15) is 11.1 Å². The SMILES string of the molecule is O=[N+]([O-])c1ccc2oc(SCc3ccc(CSc4nc5cc([N+](=O)[O-])ccc5o4)cc3)nc2c1. The van der Waals surface area contributed by atoms with Crippen LogP contribution in [0.3, 0.4) is 0 Å². The van der Waals surface area contributed by atoms with E-state index in [1.54, 1.807) is 12.1 Å². The number of non-ortho nitro benzene ring substituents is 2. The second-order valence-electron chi connectivity index (χ2n) is 7.17. The fourth-order valence-electron chi connectivity index (χ4n) is 3.16. The van der Waals surface area contributed by atoms with Gasteiger partial charge in [0.05, 0.1) is 9.85 Å². The summed E-state index contributed by atoms with van der Waals surface area (Å²) in [5.41, 5.74) is 4.02. The maximum absolute atomic E-state index is 10.9. The quantitative estimate of drug-likeness (QED) is 0.136. The zero-order chi connectivity index (χ0) is 23.7. The molecule has 2 aromatic heterocycles. The minimum absolute atomic E-state index is 0.0232. The predicted molar refractivity (Wildman–Crippen MR) is 127 cm³/mol. The number of nitro benzene ring substituents is 2. The maximum atomic E-state index is 10.9. The second kappa shape index (κ2) is 9.15. The van der Waals surface area contributed by atoms with Crippen molar-refractivity contribution in [2.45, 2.75) is 22.0 Å². The molecular weight excluding hydrogens is 480 g/mol. The average Bonchev–Trinajstić information content (AvgIpc) is 3.44. The van der Waals surface area contributed by atoms with Crippen LogP contribution in [-0.2, 0) is 11.5 Å². The number of nitrogens with zero attached hydrogens (tertiary/aromatic N) is 4. The normalized spacial score (nSPS) is 11.3. The van der Waals surface area contributed by atoms with E-state index in [4.69, 9.17) is 8.83 Å². The van der Waals surface area contributed by atoms with Crippen LogP contribution >= 0.6 is 23.5 Å². The van der Waals surface area contributed by atoms with E-state index in [2.05, 4.69) is 9.97 Å². The highest BCUT2D eigenvalue weighted by molar-refractivity contribution is 7.98. The molecule has 34 heavy (non-hydrogen) atoms. The molecule has 170 valence electrons. The van der Waals surface area contributed by atoms with Crippen molar-refractivity contribution in [3.63, 3.8) is 0 Å². The Labute approximate surface area is 199 Å². The van der Waals surface area contributed by atoms with Crippen LogP contribution in [-0.4, -0.2) is 19.8 Å². The van der Waals surface area contributed by atoms with E-state index in [0.717, 1.165) is 11.1 Å². The summed E-state index contributed by atoms with van der Waals surface area (Å²) < 4.78 is 11.3. The number of rotatable bonds is 8. The molecule has 3 aromatic carbocycles. The molecule has 0 aliphatic heterocycles. The third kappa shape index (κ3) is 4.72. The van der Waals surface area contributed by atoms with Gasteiger partial charge in [-0.15, -0.1) is 0 Å². The van der Waals surface area contributed by atoms with Crippen molar-refractivity contribution in [3.8, 4) is 0 Å². The third-order valence-electron chi connectivity index (χ3n) is 4.87. The molecule has 0 N–H and O–H groups in total. The van der Waals surface area contributed by atoms with Gasteiger partial charge in [0, 0.05) is 35.8 Å². The number of nitro groups is 2. The summed E-state index contributed by atoms with van der Waals surface area (Å²) in [5, 5.41) is 22.7. The molecule has 5 aromatic rings. The Hall–Kier alpha value is -3.90. The van der Waals surface area contributed by atoms with Gasteiger partial charge in [-0.05, 0) is 23.3 Å². The number of fused-ring (bicyclic) bond motifs is 2. The summed E-state index contributed by atoms with van der Waals surface area (Å²) in [5.74, 6) is 1.26. The van der Waals surface area contributed by atoms with Crippen molar-refractivity contribution in [2.24, 2.45) is 0 Å². The molecule has 0 radical (unpaired) electrons. The van der Waals surface area contributed by atoms with Gasteiger partial charge in [-0.2, -0.15) is 0 Å². The van der Waals surface area contributed by atoms with Crippen LogP contribution in [0.25, 0.3) is 22.2 Å². The average molecular weight is 495 g/mol. The molecule has 0 atom stereocenters. The largest absolute Gasteiger partial charge is 0.431 e. The topological polar surface area (TPSA) is 138 Å². The Morgan fingerprint density at radius 2 is 1.09 bits per heavy atom. The highest BCUT2D eigenvalue weighted by Crippen LogP contribution is 2.30. The van der Waals surface area contributed by atoms with Crippen LogP contribution in [0.15, 0.2) is 79.9 Å². The molecule has 0 spiro atoms. The Morgan fingerprint density at radius 3 is 1.47 bits per heavy atom. The number of oxazole rings is 2. The van der Waals surface area contributed by atoms with Crippen LogP contribution in [0.5, 0.6) is 0 Å². The summed E-state index contributed by atoms with van der Waals surface area (Å²) in [6.07, 6.45) is 0. The molecule has 0 saturated heterocycles. The number of aromatic nitrogens is 2. The van der Waals surface area contributed by atoms with E-state index in [9.17, 15) is 20.2 Å². The number of hydrogen-bond donors (Lipinski definition) is 0. The highest BCUT2D eigenvalue weighted by atomic mass is 32.2. The monoisotopic (exact) mass is 494 g/mol. The highest BCUT2D eigenvalue weighted by Gasteiger charge is 2.13. The Kier molecular flexibility index (Phi) is 5.90. The lowest BCUT2D eigenvalue weighted by molar-refractivity contribution is -0.384. The van der Waals surface area contributed by atoms with Crippen LogP contribution in [0, 0.1) is 20.2 Å². The number of benzene rings is 3. The smallest absolute Gasteiger partial charge is 0.271 e. The van der Waals surface area contributed by atoms with Gasteiger partial charge >= 0.3 is 0 Å². The van der Waals surface area contributed by atoms with Gasteiger partial charge in [-0.25, -0.2) is 9.97 Å². The lowest BCUT2D eigenvalue weighted by Crippen LogP contribution is -1.86. The van der Waals surface area contributed by atoms with Gasteiger partial charge in [0.1, 0.15) is 11.0 Å². The molecular formula is C22H14N4O6S2. The summed E-state index contributed by atoms with van der Waals surface area (Å²) >= 11 is 2.82. The van der Waals surface area contributed by atoms with Crippen molar-refractivity contribution in [1.29, 1.82) is 0 Å². The lowest BCUT2D eigenvalue weighted by Gasteiger charge is -2.02. The zero-order valence-electron chi connectivity index (χ0n) is 17.2. The Morgan fingerprint density at radius 1 is 0.676 bits per heavy atom. The molecule has 0 unspecified atom stereocenters. The third-order valence-corrected chi connectivity index (χ3v) is 6.67. The van der Waals surface area contributed by atoms with Gasteiger partial charge in [0.15, 0.2) is 11.2 Å². The second-order valence-corrected chi connectivity index (χ2v) is 9.02. The molecule has 2 heterocycles. The van der Waals surface area contributed by atoms with Crippen molar-refractivity contribution >= 4 is 57.1 Å². The first-order valence-electron chi connectivity index (χ1n) is 9.88. The number of hydrogen-bond acceptors (Lipinski definition) is 10. The molecule has 0 saturated carbocycles. The molecule has 0 aliphatic carbocycles.